The molecule has 148 valence electrons. The van der Waals surface area contributed by atoms with Crippen LogP contribution in [0.4, 0.5) is 0 Å². The molecule has 1 saturated carbocycles. The van der Waals surface area contributed by atoms with Gasteiger partial charge in [0, 0.05) is 26.2 Å². The van der Waals surface area contributed by atoms with E-state index in [1.807, 2.05) is 0 Å². The summed E-state index contributed by atoms with van der Waals surface area (Å²) in [7, 11) is -3.40. The average molecular weight is 512 g/mol. The van der Waals surface area contributed by atoms with Crippen LogP contribution in [-0.2, 0) is 10.0 Å². The lowest BCUT2D eigenvalue weighted by Gasteiger charge is -2.22. The first-order chi connectivity index (χ1) is 12.1. The molecule has 0 amide bonds. The van der Waals surface area contributed by atoms with E-state index in [-0.39, 0.29) is 24.0 Å². The molecule has 2 atom stereocenters. The van der Waals surface area contributed by atoms with Crippen molar-refractivity contribution in [1.82, 2.24) is 14.9 Å². The Morgan fingerprint density at radius 2 is 2.00 bits per heavy atom. The van der Waals surface area contributed by atoms with Gasteiger partial charge in [0.05, 0.1) is 6.54 Å². The summed E-state index contributed by atoms with van der Waals surface area (Å²) in [5.41, 5.74) is 0. The molecule has 2 unspecified atom stereocenters. The summed E-state index contributed by atoms with van der Waals surface area (Å²) in [6.45, 7) is 5.81. The number of likely N-dealkylation sites (tertiary alicyclic amines) is 1. The second-order valence-electron chi connectivity index (χ2n) is 6.78. The standard InChI is InChI=1S/C17H28N4O2S2.HI/c1-2-18-17(21-12-14-6-3-4-7-15(14)13-21)19-9-10-20-25(22,23)16-8-5-11-24-16;/h5,8,11,14-15,20H,2-4,6-7,9-10,12-13H2,1H3,(H,18,19);1H. The predicted octanol–water partition coefficient (Wildman–Crippen LogP) is 2.73. The van der Waals surface area contributed by atoms with Gasteiger partial charge >= 0.3 is 0 Å². The summed E-state index contributed by atoms with van der Waals surface area (Å²) in [6, 6.07) is 3.36. The molecule has 1 aromatic rings. The minimum atomic E-state index is -3.40. The highest BCUT2D eigenvalue weighted by Gasteiger charge is 2.35. The second kappa shape index (κ2) is 10.2. The van der Waals surface area contributed by atoms with Crippen molar-refractivity contribution in [1.29, 1.82) is 0 Å². The van der Waals surface area contributed by atoms with Crippen LogP contribution in [0.5, 0.6) is 0 Å². The van der Waals surface area contributed by atoms with Crippen LogP contribution in [0.1, 0.15) is 32.6 Å². The van der Waals surface area contributed by atoms with E-state index in [9.17, 15) is 8.42 Å². The first-order valence-corrected chi connectivity index (χ1v) is 11.5. The summed E-state index contributed by atoms with van der Waals surface area (Å²) in [5.74, 6) is 2.53. The van der Waals surface area contributed by atoms with Crippen molar-refractivity contribution in [3.63, 3.8) is 0 Å². The molecule has 2 heterocycles. The van der Waals surface area contributed by atoms with Crippen LogP contribution in [0.25, 0.3) is 0 Å². The van der Waals surface area contributed by atoms with Gasteiger partial charge in [0.15, 0.2) is 5.96 Å². The summed E-state index contributed by atoms with van der Waals surface area (Å²) in [5, 5.41) is 5.13. The third kappa shape index (κ3) is 5.56. The van der Waals surface area contributed by atoms with Gasteiger partial charge in [0.1, 0.15) is 4.21 Å². The lowest BCUT2D eigenvalue weighted by molar-refractivity contribution is 0.299. The van der Waals surface area contributed by atoms with E-state index in [1.165, 1.54) is 37.0 Å². The van der Waals surface area contributed by atoms with Crippen molar-refractivity contribution in [2.45, 2.75) is 36.8 Å². The number of rotatable bonds is 6. The maximum absolute atomic E-state index is 12.1. The number of thiophene rings is 1. The van der Waals surface area contributed by atoms with Crippen LogP contribution in [0.2, 0.25) is 0 Å². The molecule has 0 spiro atoms. The average Bonchev–Trinajstić information content (AvgIpc) is 3.27. The first-order valence-electron chi connectivity index (χ1n) is 9.16. The van der Waals surface area contributed by atoms with Gasteiger partial charge in [-0.2, -0.15) is 0 Å². The van der Waals surface area contributed by atoms with Gasteiger partial charge in [0.25, 0.3) is 0 Å². The normalized spacial score (nSPS) is 23.4. The van der Waals surface area contributed by atoms with Crippen molar-refractivity contribution < 1.29 is 8.42 Å². The van der Waals surface area contributed by atoms with Crippen LogP contribution >= 0.6 is 35.3 Å². The van der Waals surface area contributed by atoms with Gasteiger partial charge in [0.2, 0.25) is 10.0 Å². The molecule has 3 rings (SSSR count). The number of hydrogen-bond acceptors (Lipinski definition) is 4. The Morgan fingerprint density at radius 1 is 1.31 bits per heavy atom. The molecule has 1 saturated heterocycles. The quantitative estimate of drug-likeness (QED) is 0.266. The van der Waals surface area contributed by atoms with E-state index in [0.29, 0.717) is 17.3 Å². The van der Waals surface area contributed by atoms with Gasteiger partial charge < -0.3 is 10.2 Å². The number of aliphatic imine (C=N–C) groups is 1. The molecular weight excluding hydrogens is 483 g/mol. The second-order valence-corrected chi connectivity index (χ2v) is 9.72. The molecule has 9 heteroatoms. The number of hydrogen-bond donors (Lipinski definition) is 2. The zero-order valence-electron chi connectivity index (χ0n) is 15.2. The number of nitrogens with one attached hydrogen (secondary N) is 2. The smallest absolute Gasteiger partial charge is 0.250 e. The number of guanidine groups is 1. The molecule has 2 N–H and O–H groups in total. The number of sulfonamides is 1. The number of nitrogens with zero attached hydrogens (tertiary/aromatic N) is 2. The SMILES string of the molecule is CCNC(=NCCNS(=O)(=O)c1cccs1)N1CC2CCCCC2C1.I. The minimum absolute atomic E-state index is 0. The summed E-state index contributed by atoms with van der Waals surface area (Å²) in [4.78, 5) is 7.00. The Morgan fingerprint density at radius 3 is 2.58 bits per heavy atom. The monoisotopic (exact) mass is 512 g/mol. The predicted molar refractivity (Wildman–Crippen MR) is 118 cm³/mol. The molecule has 2 aliphatic rings. The van der Waals surface area contributed by atoms with Crippen LogP contribution in [0.3, 0.4) is 0 Å². The topological polar surface area (TPSA) is 73.8 Å². The number of halogens is 1. The molecule has 1 aliphatic heterocycles. The summed E-state index contributed by atoms with van der Waals surface area (Å²) in [6.07, 6.45) is 5.38. The van der Waals surface area contributed by atoms with E-state index in [1.54, 1.807) is 17.5 Å². The van der Waals surface area contributed by atoms with Crippen molar-refractivity contribution >= 4 is 51.3 Å². The van der Waals surface area contributed by atoms with Crippen LogP contribution in [0.15, 0.2) is 26.7 Å². The van der Waals surface area contributed by atoms with Crippen molar-refractivity contribution in [3.05, 3.63) is 17.5 Å². The maximum Gasteiger partial charge on any atom is 0.250 e. The van der Waals surface area contributed by atoms with E-state index in [0.717, 1.165) is 37.4 Å². The fraction of sp³-hybridized carbons (Fsp3) is 0.706. The molecule has 2 fully saturated rings. The van der Waals surface area contributed by atoms with Crippen LogP contribution in [-0.4, -0.2) is 52.0 Å². The van der Waals surface area contributed by atoms with Crippen molar-refractivity contribution in [3.8, 4) is 0 Å². The Bertz CT molecular complexity index is 665. The molecule has 26 heavy (non-hydrogen) atoms. The van der Waals surface area contributed by atoms with Crippen molar-refractivity contribution in [2.24, 2.45) is 16.8 Å². The molecule has 0 radical (unpaired) electrons. The summed E-state index contributed by atoms with van der Waals surface area (Å²) >= 11 is 1.23. The van der Waals surface area contributed by atoms with Gasteiger partial charge in [-0.25, -0.2) is 13.1 Å². The third-order valence-electron chi connectivity index (χ3n) is 5.04. The zero-order chi connectivity index (χ0) is 17.7. The van der Waals surface area contributed by atoms with Crippen LogP contribution < -0.4 is 10.0 Å². The number of fused-ring (bicyclic) bond motifs is 1. The summed E-state index contributed by atoms with van der Waals surface area (Å²) < 4.78 is 27.2. The molecule has 1 aliphatic carbocycles. The zero-order valence-corrected chi connectivity index (χ0v) is 19.1. The largest absolute Gasteiger partial charge is 0.357 e. The van der Waals surface area contributed by atoms with Gasteiger partial charge in [-0.15, -0.1) is 35.3 Å². The Kier molecular flexibility index (Phi) is 8.62. The van der Waals surface area contributed by atoms with E-state index in [4.69, 9.17) is 0 Å². The lowest BCUT2D eigenvalue weighted by Crippen LogP contribution is -2.40. The lowest BCUT2D eigenvalue weighted by atomic mass is 9.82. The van der Waals surface area contributed by atoms with Crippen molar-refractivity contribution in [2.75, 3.05) is 32.7 Å². The Hall–Kier alpha value is -0.390. The Labute approximate surface area is 177 Å². The van der Waals surface area contributed by atoms with Crippen LogP contribution in [0, 0.1) is 11.8 Å². The molecule has 0 bridgehead atoms. The molecule has 6 nitrogen and oxygen atoms in total. The molecular formula is C17H29IN4O2S2. The van der Waals surface area contributed by atoms with E-state index in [2.05, 4.69) is 26.9 Å². The fourth-order valence-electron chi connectivity index (χ4n) is 3.83. The highest BCUT2D eigenvalue weighted by Crippen LogP contribution is 2.35. The molecule has 1 aromatic heterocycles. The van der Waals surface area contributed by atoms with E-state index >= 15 is 0 Å². The van der Waals surface area contributed by atoms with Gasteiger partial charge in [-0.3, -0.25) is 4.99 Å². The highest BCUT2D eigenvalue weighted by molar-refractivity contribution is 14.0. The minimum Gasteiger partial charge on any atom is -0.357 e. The highest BCUT2D eigenvalue weighted by atomic mass is 127. The fourth-order valence-corrected chi connectivity index (χ4v) is 5.89. The van der Waals surface area contributed by atoms with Gasteiger partial charge in [-0.05, 0) is 43.0 Å². The third-order valence-corrected chi connectivity index (χ3v) is 7.89. The van der Waals surface area contributed by atoms with E-state index < -0.39 is 10.0 Å². The van der Waals surface area contributed by atoms with Gasteiger partial charge in [-0.1, -0.05) is 18.9 Å². The molecule has 0 aromatic carbocycles. The maximum atomic E-state index is 12.1. The first kappa shape index (κ1) is 21.9. The Balaban J connectivity index is 0.00000243.